The summed E-state index contributed by atoms with van der Waals surface area (Å²) in [5.41, 5.74) is 6.08. The Hall–Kier alpha value is -2.46. The zero-order valence-corrected chi connectivity index (χ0v) is 23.5. The largest absolute Gasteiger partial charge is 0.394 e. The molecule has 220 valence electrons. The number of benzene rings is 1. The van der Waals surface area contributed by atoms with Gasteiger partial charge in [0.05, 0.1) is 48.0 Å². The maximum atomic E-state index is 13.0. The predicted octanol–water partition coefficient (Wildman–Crippen LogP) is 4.51. The molecule has 0 radical (unpaired) electrons. The Balaban J connectivity index is 1.51. The second kappa shape index (κ2) is 12.2. The topological polar surface area (TPSA) is 139 Å². The van der Waals surface area contributed by atoms with Gasteiger partial charge in [-0.15, -0.1) is 0 Å². The molecule has 1 aromatic heterocycles. The van der Waals surface area contributed by atoms with Gasteiger partial charge in [-0.2, -0.15) is 23.5 Å². The number of nitriles is 1. The number of anilines is 2. The normalized spacial score (nSPS) is 23.4. The van der Waals surface area contributed by atoms with Crippen molar-refractivity contribution >= 4 is 24.4 Å². The van der Waals surface area contributed by atoms with Crippen LogP contribution in [0.25, 0.3) is 0 Å². The van der Waals surface area contributed by atoms with Crippen LogP contribution in [0.15, 0.2) is 30.5 Å². The summed E-state index contributed by atoms with van der Waals surface area (Å²) < 4.78 is 64.3. The maximum absolute atomic E-state index is 13.0. The molecule has 40 heavy (non-hydrogen) atoms. The van der Waals surface area contributed by atoms with E-state index in [1.54, 1.807) is 49.0 Å². The van der Waals surface area contributed by atoms with Crippen LogP contribution in [0.5, 0.6) is 0 Å². The van der Waals surface area contributed by atoms with E-state index in [9.17, 15) is 28.1 Å². The average molecular weight is 585 g/mol. The number of nitrogens with zero attached hydrogens (tertiary/aromatic N) is 4. The number of rotatable bonds is 11. The molecule has 4 N–H and O–H groups in total. The molecule has 10 nitrogen and oxygen atoms in total. The number of aromatic nitrogens is 2. The van der Waals surface area contributed by atoms with Gasteiger partial charge in [-0.1, -0.05) is 0 Å². The molecule has 2 aliphatic rings. The van der Waals surface area contributed by atoms with E-state index in [1.807, 2.05) is 4.90 Å². The lowest BCUT2D eigenvalue weighted by molar-refractivity contribution is -0.215. The highest BCUT2D eigenvalue weighted by molar-refractivity contribution is 7.62. The van der Waals surface area contributed by atoms with E-state index < -0.39 is 31.5 Å². The monoisotopic (exact) mass is 584 g/mol. The lowest BCUT2D eigenvalue weighted by atomic mass is 9.76. The van der Waals surface area contributed by atoms with Crippen LogP contribution in [0.4, 0.5) is 24.7 Å². The van der Waals surface area contributed by atoms with Gasteiger partial charge in [0.25, 0.3) is 0 Å². The molecule has 1 unspecified atom stereocenters. The molecule has 2 aromatic rings. The molecule has 1 aliphatic carbocycles. The Morgan fingerprint density at radius 2 is 1.82 bits per heavy atom. The van der Waals surface area contributed by atoms with E-state index in [0.29, 0.717) is 48.1 Å². The van der Waals surface area contributed by atoms with Gasteiger partial charge >= 0.3 is 13.8 Å². The number of alkyl halides is 3. The molecule has 0 amide bonds. The number of nitrogens with one attached hydrogen (secondary N) is 1. The van der Waals surface area contributed by atoms with Crippen LogP contribution in [-0.4, -0.2) is 58.3 Å². The number of halogens is 3. The summed E-state index contributed by atoms with van der Waals surface area (Å²) in [4.78, 5) is 1.87. The van der Waals surface area contributed by atoms with Gasteiger partial charge in [0.1, 0.15) is 6.23 Å². The zero-order chi connectivity index (χ0) is 29.1. The minimum atomic E-state index is -4.17. The summed E-state index contributed by atoms with van der Waals surface area (Å²) >= 11 is 0. The maximum Gasteiger partial charge on any atom is 0.394 e. The van der Waals surface area contributed by atoms with E-state index in [2.05, 4.69) is 16.5 Å². The second-order valence-corrected chi connectivity index (χ2v) is 12.3. The molecular formula is C26H36F3N6O4P. The van der Waals surface area contributed by atoms with Gasteiger partial charge in [-0.25, -0.2) is 0 Å². The summed E-state index contributed by atoms with van der Waals surface area (Å²) in [5.74, 6) is -0.971. The van der Waals surface area contributed by atoms with Crippen LogP contribution in [0.2, 0.25) is 0 Å². The average Bonchev–Trinajstić information content (AvgIpc) is 3.29. The van der Waals surface area contributed by atoms with Crippen molar-refractivity contribution in [3.05, 3.63) is 36.0 Å². The highest BCUT2D eigenvalue weighted by Gasteiger charge is 2.50. The molecule has 4 rings (SSSR count). The van der Waals surface area contributed by atoms with Gasteiger partial charge in [0.2, 0.25) is 0 Å². The molecule has 1 atom stereocenters. The molecule has 1 aliphatic heterocycles. The van der Waals surface area contributed by atoms with Gasteiger partial charge in [-0.05, 0) is 63.8 Å². The first-order chi connectivity index (χ1) is 18.9. The summed E-state index contributed by atoms with van der Waals surface area (Å²) in [5, 5.41) is 28.1. The van der Waals surface area contributed by atoms with Crippen molar-refractivity contribution in [1.29, 1.82) is 5.26 Å². The number of hydrogen-bond acceptors (Lipinski definition) is 9. The fourth-order valence-corrected chi connectivity index (χ4v) is 7.06. The van der Waals surface area contributed by atoms with Crippen LogP contribution in [0.3, 0.4) is 0 Å². The number of likely N-dealkylation sites (tertiary alicyclic amines) is 1. The van der Waals surface area contributed by atoms with Crippen LogP contribution in [0.1, 0.15) is 57.7 Å². The van der Waals surface area contributed by atoms with Crippen molar-refractivity contribution in [3.63, 3.8) is 0 Å². The van der Waals surface area contributed by atoms with Gasteiger partial charge in [0, 0.05) is 31.0 Å². The molecule has 1 saturated carbocycles. The van der Waals surface area contributed by atoms with Crippen molar-refractivity contribution in [2.75, 3.05) is 31.6 Å². The van der Waals surface area contributed by atoms with E-state index in [0.717, 1.165) is 0 Å². The standard InChI is InChI=1S/C26H36F3N6O4P/c1-3-38-40(37,39-4-2)21-7-5-19(6-8-21)32-24-22(23(31)36)17-35(33-24)25(13-14-30)11-9-20(10-12-25)34-15-18(16-34)26(27,28)29/h5-8,17-18,20,23,36H,3-4,9-13,15-16,31H2,1-2H3,(H,32,33)/t20-,23?,25-. The molecular weight excluding hydrogens is 548 g/mol. The van der Waals surface area contributed by atoms with Crippen molar-refractivity contribution in [2.45, 2.75) is 69.9 Å². The van der Waals surface area contributed by atoms with Gasteiger partial charge < -0.3 is 25.2 Å². The van der Waals surface area contributed by atoms with Crippen LogP contribution in [0, 0.1) is 17.2 Å². The highest BCUT2D eigenvalue weighted by Crippen LogP contribution is 2.47. The quantitative estimate of drug-likeness (QED) is 0.257. The minimum absolute atomic E-state index is 0.0160. The zero-order valence-electron chi connectivity index (χ0n) is 22.6. The lowest BCUT2D eigenvalue weighted by Crippen LogP contribution is -2.58. The fraction of sp³-hybridized carbons (Fsp3) is 0.615. The Kier molecular flexibility index (Phi) is 9.29. The lowest BCUT2D eigenvalue weighted by Gasteiger charge is -2.49. The first-order valence-electron chi connectivity index (χ1n) is 13.4. The molecule has 2 fully saturated rings. The van der Waals surface area contributed by atoms with Crippen LogP contribution >= 0.6 is 7.60 Å². The summed E-state index contributed by atoms with van der Waals surface area (Å²) in [6.45, 7) is 3.95. The van der Waals surface area contributed by atoms with E-state index in [-0.39, 0.29) is 38.8 Å². The van der Waals surface area contributed by atoms with E-state index in [4.69, 9.17) is 14.8 Å². The third kappa shape index (κ3) is 6.38. The fourth-order valence-electron chi connectivity index (χ4n) is 5.49. The van der Waals surface area contributed by atoms with Crippen molar-refractivity contribution in [3.8, 4) is 6.07 Å². The van der Waals surface area contributed by atoms with Gasteiger partial charge in [-0.3, -0.25) is 14.1 Å². The second-order valence-electron chi connectivity index (χ2n) is 10.3. The Morgan fingerprint density at radius 1 is 1.23 bits per heavy atom. The number of aliphatic hydroxyl groups is 1. The molecule has 0 spiro atoms. The Labute approximate surface area is 231 Å². The highest BCUT2D eigenvalue weighted by atomic mass is 31.2. The summed E-state index contributed by atoms with van der Waals surface area (Å²) in [7, 11) is -3.45. The van der Waals surface area contributed by atoms with Crippen molar-refractivity contribution in [2.24, 2.45) is 11.7 Å². The van der Waals surface area contributed by atoms with Crippen LogP contribution < -0.4 is 16.4 Å². The Bertz CT molecular complexity index is 1220. The Morgan fingerprint density at radius 3 is 2.33 bits per heavy atom. The predicted molar refractivity (Wildman–Crippen MR) is 143 cm³/mol. The smallest absolute Gasteiger partial charge is 0.374 e. The number of nitrogens with two attached hydrogens (primary N) is 1. The first kappa shape index (κ1) is 30.5. The minimum Gasteiger partial charge on any atom is -0.374 e. The molecule has 1 saturated heterocycles. The molecule has 14 heteroatoms. The SMILES string of the molecule is CCOP(=O)(OCC)c1ccc(Nc2nn([C@]3(CC#N)CC[C@@H](N4CC(C(F)(F)F)C4)CC3)cc2C(N)O)cc1. The van der Waals surface area contributed by atoms with Crippen molar-refractivity contribution < 1.29 is 31.9 Å². The summed E-state index contributed by atoms with van der Waals surface area (Å²) in [6, 6.07) is 8.89. The van der Waals surface area contributed by atoms with Crippen molar-refractivity contribution in [1.82, 2.24) is 14.7 Å². The van der Waals surface area contributed by atoms with E-state index in [1.165, 1.54) is 0 Å². The molecule has 1 aromatic carbocycles. The third-order valence-corrected chi connectivity index (χ3v) is 9.90. The number of aliphatic hydroxyl groups excluding tert-OH is 1. The molecule has 0 bridgehead atoms. The summed E-state index contributed by atoms with van der Waals surface area (Å²) in [6.07, 6.45) is -1.35. The van der Waals surface area contributed by atoms with Gasteiger partial charge in [0.15, 0.2) is 5.82 Å². The molecule has 2 heterocycles. The van der Waals surface area contributed by atoms with E-state index >= 15 is 0 Å². The first-order valence-corrected chi connectivity index (χ1v) is 15.0. The third-order valence-electron chi connectivity index (χ3n) is 7.77. The van der Waals surface area contributed by atoms with Crippen LogP contribution in [-0.2, 0) is 19.2 Å². The number of hydrogen-bond donors (Lipinski definition) is 3.